The van der Waals surface area contributed by atoms with Crippen LogP contribution in [0.15, 0.2) is 71.7 Å². The Morgan fingerprint density at radius 1 is 1.18 bits per heavy atom. The van der Waals surface area contributed by atoms with Gasteiger partial charge < -0.3 is 4.74 Å². The van der Waals surface area contributed by atoms with Gasteiger partial charge in [0.25, 0.3) is 0 Å². The number of rotatable bonds is 6. The molecule has 0 fully saturated rings. The molecule has 2 aromatic rings. The van der Waals surface area contributed by atoms with Crippen LogP contribution < -0.4 is 9.46 Å². The molecule has 0 saturated heterocycles. The zero-order valence-electron chi connectivity index (χ0n) is 15.5. The summed E-state index contributed by atoms with van der Waals surface area (Å²) in [5, 5.41) is 0. The molecule has 0 radical (unpaired) electrons. The second-order valence-corrected chi connectivity index (χ2v) is 8.32. The van der Waals surface area contributed by atoms with Gasteiger partial charge in [-0.05, 0) is 54.5 Å². The third kappa shape index (κ3) is 4.00. The number of benzene rings is 2. The fourth-order valence-corrected chi connectivity index (χ4v) is 4.49. The minimum atomic E-state index is -3.96. The molecule has 0 bridgehead atoms. The molecule has 2 aromatic carbocycles. The second kappa shape index (κ2) is 7.85. The van der Waals surface area contributed by atoms with Gasteiger partial charge in [0.05, 0.1) is 18.0 Å². The summed E-state index contributed by atoms with van der Waals surface area (Å²) in [7, 11) is -2.48. The molecular weight excluding hydrogens is 384 g/mol. The molecule has 1 aliphatic rings. The smallest absolute Gasteiger partial charge is 0.240 e. The topological polar surface area (TPSA) is 55.4 Å². The third-order valence-corrected chi connectivity index (χ3v) is 6.34. The first kappa shape index (κ1) is 20.2. The Bertz CT molecular complexity index is 1020. The minimum Gasteiger partial charge on any atom is -0.497 e. The van der Waals surface area contributed by atoms with E-state index in [0.29, 0.717) is 11.3 Å². The van der Waals surface area contributed by atoms with E-state index in [2.05, 4.69) is 4.72 Å². The number of ether oxygens (including phenoxy) is 1. The maximum atomic E-state index is 16.0. The van der Waals surface area contributed by atoms with Crippen molar-refractivity contribution in [1.82, 2.24) is 4.72 Å². The highest BCUT2D eigenvalue weighted by atomic mass is 32.2. The molecule has 0 spiro atoms. The first-order valence-corrected chi connectivity index (χ1v) is 10.2. The largest absolute Gasteiger partial charge is 0.497 e. The number of hydrogen-bond acceptors (Lipinski definition) is 3. The van der Waals surface area contributed by atoms with Crippen molar-refractivity contribution in [2.45, 2.75) is 30.0 Å². The molecule has 0 heterocycles. The molecule has 1 N–H and O–H groups in total. The van der Waals surface area contributed by atoms with Crippen molar-refractivity contribution in [3.63, 3.8) is 0 Å². The molecule has 1 aliphatic carbocycles. The van der Waals surface area contributed by atoms with E-state index in [1.165, 1.54) is 56.5 Å². The van der Waals surface area contributed by atoms with E-state index < -0.39 is 27.6 Å². The molecule has 28 heavy (non-hydrogen) atoms. The lowest BCUT2D eigenvalue weighted by molar-refractivity contribution is 0.198. The van der Waals surface area contributed by atoms with Crippen molar-refractivity contribution in [3.05, 3.63) is 78.1 Å². The molecule has 0 aliphatic heterocycles. The van der Waals surface area contributed by atoms with Crippen LogP contribution in [0.1, 0.15) is 18.9 Å². The average Bonchev–Trinajstić information content (AvgIpc) is 2.68. The predicted molar refractivity (Wildman–Crippen MR) is 105 cm³/mol. The Morgan fingerprint density at radius 3 is 2.54 bits per heavy atom. The Labute approximate surface area is 163 Å². The van der Waals surface area contributed by atoms with Crippen LogP contribution in [0.2, 0.25) is 0 Å². The minimum absolute atomic E-state index is 0.00591. The van der Waals surface area contributed by atoms with Crippen LogP contribution in [0.5, 0.6) is 5.75 Å². The summed E-state index contributed by atoms with van der Waals surface area (Å²) in [4.78, 5) is 0.00591. The summed E-state index contributed by atoms with van der Waals surface area (Å²) in [6.45, 7) is 1.47. The van der Waals surface area contributed by atoms with E-state index in [9.17, 15) is 12.8 Å². The highest BCUT2D eigenvalue weighted by Gasteiger charge is 2.42. The van der Waals surface area contributed by atoms with Crippen molar-refractivity contribution >= 4 is 15.6 Å². The average molecular weight is 405 g/mol. The number of alkyl halides is 1. The molecule has 148 valence electrons. The van der Waals surface area contributed by atoms with Crippen LogP contribution in [0.3, 0.4) is 0 Å². The van der Waals surface area contributed by atoms with Gasteiger partial charge in [-0.2, -0.15) is 0 Å². The normalized spacial score (nSPS) is 20.5. The number of methoxy groups -OCH3 is 1. The maximum Gasteiger partial charge on any atom is 0.240 e. The molecule has 0 aromatic heterocycles. The standard InChI is InChI=1S/C21H21F2NO3S/c1-15(24-28(25,26)19-11-9-18(27-2)10-12-19)21(23)13-4-3-8-20(21)16-6-5-7-17(22)14-16/h3-12,14-15,24H,13H2,1-2H3. The van der Waals surface area contributed by atoms with Crippen LogP contribution in [0, 0.1) is 5.82 Å². The Morgan fingerprint density at radius 2 is 1.89 bits per heavy atom. The molecule has 0 saturated carbocycles. The van der Waals surface area contributed by atoms with Gasteiger partial charge in [-0.3, -0.25) is 0 Å². The lowest BCUT2D eigenvalue weighted by atomic mass is 9.79. The van der Waals surface area contributed by atoms with Crippen LogP contribution in [0.25, 0.3) is 5.57 Å². The van der Waals surface area contributed by atoms with E-state index in [4.69, 9.17) is 4.74 Å². The zero-order chi connectivity index (χ0) is 20.4. The predicted octanol–water partition coefficient (Wildman–Crippen LogP) is 4.25. The lowest BCUT2D eigenvalue weighted by Crippen LogP contribution is -2.49. The molecule has 2 unspecified atom stereocenters. The third-order valence-electron chi connectivity index (χ3n) is 4.79. The molecule has 0 amide bonds. The fourth-order valence-electron chi connectivity index (χ4n) is 3.20. The molecule has 2 atom stereocenters. The first-order valence-electron chi connectivity index (χ1n) is 8.75. The van der Waals surface area contributed by atoms with Gasteiger partial charge in [-0.25, -0.2) is 21.9 Å². The van der Waals surface area contributed by atoms with E-state index in [1.807, 2.05) is 0 Å². The highest BCUT2D eigenvalue weighted by molar-refractivity contribution is 7.89. The lowest BCUT2D eigenvalue weighted by Gasteiger charge is -2.35. The molecular formula is C21H21F2NO3S. The van der Waals surface area contributed by atoms with Gasteiger partial charge in [-0.15, -0.1) is 0 Å². The molecule has 7 heteroatoms. The molecule has 3 rings (SSSR count). The molecule has 4 nitrogen and oxygen atoms in total. The van der Waals surface area contributed by atoms with Gasteiger partial charge in [0, 0.05) is 6.42 Å². The summed E-state index contributed by atoms with van der Waals surface area (Å²) in [5.74, 6) is 0.0319. The summed E-state index contributed by atoms with van der Waals surface area (Å²) < 4.78 is 62.5. The summed E-state index contributed by atoms with van der Waals surface area (Å²) in [6.07, 6.45) is 4.84. The van der Waals surface area contributed by atoms with Crippen molar-refractivity contribution in [3.8, 4) is 5.75 Å². The van der Waals surface area contributed by atoms with Gasteiger partial charge in [0.15, 0.2) is 5.67 Å². The Kier molecular flexibility index (Phi) is 5.67. The quantitative estimate of drug-likeness (QED) is 0.782. The number of allylic oxidation sites excluding steroid dienone is 3. The van der Waals surface area contributed by atoms with E-state index >= 15 is 4.39 Å². The van der Waals surface area contributed by atoms with Crippen molar-refractivity contribution < 1.29 is 21.9 Å². The van der Waals surface area contributed by atoms with Crippen molar-refractivity contribution in [1.29, 1.82) is 0 Å². The number of halogens is 2. The second-order valence-electron chi connectivity index (χ2n) is 6.60. The van der Waals surface area contributed by atoms with Crippen LogP contribution >= 0.6 is 0 Å². The van der Waals surface area contributed by atoms with Gasteiger partial charge in [0.2, 0.25) is 10.0 Å². The summed E-state index contributed by atoms with van der Waals surface area (Å²) >= 11 is 0. The SMILES string of the molecule is COc1ccc(S(=O)(=O)NC(C)C2(F)CC=CC=C2c2cccc(F)c2)cc1. The summed E-state index contributed by atoms with van der Waals surface area (Å²) in [6, 6.07) is 10.4. The van der Waals surface area contributed by atoms with Gasteiger partial charge in [-0.1, -0.05) is 30.4 Å². The Hall–Kier alpha value is -2.51. The van der Waals surface area contributed by atoms with Crippen LogP contribution in [0.4, 0.5) is 8.78 Å². The van der Waals surface area contributed by atoms with Gasteiger partial charge in [0.1, 0.15) is 11.6 Å². The number of nitrogens with one attached hydrogen (secondary N) is 1. The van der Waals surface area contributed by atoms with Crippen molar-refractivity contribution in [2.24, 2.45) is 0 Å². The highest BCUT2D eigenvalue weighted by Crippen LogP contribution is 2.40. The van der Waals surface area contributed by atoms with E-state index in [0.717, 1.165) is 0 Å². The van der Waals surface area contributed by atoms with Crippen LogP contribution in [-0.2, 0) is 10.0 Å². The fraction of sp³-hybridized carbons (Fsp3) is 0.238. The monoisotopic (exact) mass is 405 g/mol. The van der Waals surface area contributed by atoms with Crippen LogP contribution in [-0.4, -0.2) is 27.2 Å². The van der Waals surface area contributed by atoms with E-state index in [1.54, 1.807) is 24.3 Å². The summed E-state index contributed by atoms with van der Waals surface area (Å²) in [5.41, 5.74) is -1.41. The van der Waals surface area contributed by atoms with E-state index in [-0.39, 0.29) is 16.9 Å². The number of hydrogen-bond donors (Lipinski definition) is 1. The number of sulfonamides is 1. The Balaban J connectivity index is 1.90. The zero-order valence-corrected chi connectivity index (χ0v) is 16.3. The van der Waals surface area contributed by atoms with Crippen molar-refractivity contribution in [2.75, 3.05) is 7.11 Å². The maximum absolute atomic E-state index is 16.0. The first-order chi connectivity index (χ1) is 13.3. The van der Waals surface area contributed by atoms with Gasteiger partial charge >= 0.3 is 0 Å².